The zero-order chi connectivity index (χ0) is 9.90. The van der Waals surface area contributed by atoms with E-state index in [-0.39, 0.29) is 5.60 Å². The number of ether oxygens (including phenoxy) is 1. The lowest BCUT2D eigenvalue weighted by Crippen LogP contribution is -2.55. The van der Waals surface area contributed by atoms with Crippen LogP contribution >= 0.6 is 0 Å². The molecule has 2 heteroatoms. The van der Waals surface area contributed by atoms with Crippen LogP contribution in [-0.4, -0.2) is 24.8 Å². The van der Waals surface area contributed by atoms with Gasteiger partial charge in [0.1, 0.15) is 0 Å². The lowest BCUT2D eigenvalue weighted by molar-refractivity contribution is -0.0933. The van der Waals surface area contributed by atoms with Gasteiger partial charge < -0.3 is 10.1 Å². The first-order chi connectivity index (χ1) is 6.13. The molecule has 13 heavy (non-hydrogen) atoms. The van der Waals surface area contributed by atoms with Crippen LogP contribution in [0.1, 0.15) is 40.5 Å². The van der Waals surface area contributed by atoms with Crippen molar-refractivity contribution < 1.29 is 4.74 Å². The van der Waals surface area contributed by atoms with Gasteiger partial charge in [0, 0.05) is 12.6 Å². The summed E-state index contributed by atoms with van der Waals surface area (Å²) in [5.74, 6) is 0.673. The summed E-state index contributed by atoms with van der Waals surface area (Å²) in [6.07, 6.45) is 2.22. The second kappa shape index (κ2) is 4.43. The van der Waals surface area contributed by atoms with E-state index in [2.05, 4.69) is 33.0 Å². The molecule has 0 aliphatic carbocycles. The first kappa shape index (κ1) is 11.0. The van der Waals surface area contributed by atoms with Crippen molar-refractivity contribution in [2.24, 2.45) is 5.92 Å². The minimum atomic E-state index is 0.116. The van der Waals surface area contributed by atoms with E-state index in [1.165, 1.54) is 0 Å². The van der Waals surface area contributed by atoms with Crippen LogP contribution in [0.3, 0.4) is 0 Å². The Balaban J connectivity index is 2.45. The van der Waals surface area contributed by atoms with Crippen molar-refractivity contribution in [1.82, 2.24) is 5.32 Å². The summed E-state index contributed by atoms with van der Waals surface area (Å²) in [6, 6.07) is 0.547. The van der Waals surface area contributed by atoms with Crippen LogP contribution in [0.25, 0.3) is 0 Å². The maximum Gasteiger partial charge on any atom is 0.0801 e. The van der Waals surface area contributed by atoms with E-state index in [4.69, 9.17) is 4.74 Å². The molecule has 0 spiro atoms. The molecule has 0 bridgehead atoms. The van der Waals surface area contributed by atoms with Crippen molar-refractivity contribution in [3.05, 3.63) is 0 Å². The molecular formula is C11H23NO. The third kappa shape index (κ3) is 2.44. The predicted octanol–water partition coefficient (Wildman–Crippen LogP) is 2.19. The molecule has 1 aliphatic rings. The van der Waals surface area contributed by atoms with Crippen LogP contribution in [-0.2, 0) is 4.74 Å². The highest BCUT2D eigenvalue weighted by Crippen LogP contribution is 2.24. The van der Waals surface area contributed by atoms with Crippen LogP contribution in [0, 0.1) is 5.92 Å². The van der Waals surface area contributed by atoms with Crippen LogP contribution < -0.4 is 5.32 Å². The molecule has 2 nitrogen and oxygen atoms in total. The Morgan fingerprint density at radius 2 is 2.00 bits per heavy atom. The highest BCUT2D eigenvalue weighted by molar-refractivity contribution is 4.88. The number of hydrogen-bond acceptors (Lipinski definition) is 2. The minimum absolute atomic E-state index is 0.116. The Labute approximate surface area is 82.0 Å². The molecule has 78 valence electrons. The summed E-state index contributed by atoms with van der Waals surface area (Å²) in [6.45, 7) is 10.8. The Morgan fingerprint density at radius 3 is 2.31 bits per heavy atom. The molecule has 1 rings (SSSR count). The highest BCUT2D eigenvalue weighted by Gasteiger charge is 2.33. The fourth-order valence-corrected chi connectivity index (χ4v) is 1.83. The zero-order valence-corrected chi connectivity index (χ0v) is 9.39. The zero-order valence-electron chi connectivity index (χ0n) is 9.39. The molecule has 1 saturated heterocycles. The number of rotatable bonds is 3. The average Bonchev–Trinajstić information content (AvgIpc) is 2.18. The molecular weight excluding hydrogens is 162 g/mol. The first-order valence-corrected chi connectivity index (χ1v) is 5.51. The van der Waals surface area contributed by atoms with E-state index in [9.17, 15) is 0 Å². The SMILES string of the molecule is CCC1(CC)CNC(C(C)C)CO1. The summed E-state index contributed by atoms with van der Waals surface area (Å²) in [5.41, 5.74) is 0.116. The predicted molar refractivity (Wildman–Crippen MR) is 55.9 cm³/mol. The van der Waals surface area contributed by atoms with E-state index in [1.807, 2.05) is 0 Å². The average molecular weight is 185 g/mol. The fourth-order valence-electron chi connectivity index (χ4n) is 1.83. The third-order valence-electron chi connectivity index (χ3n) is 3.35. The topological polar surface area (TPSA) is 21.3 Å². The van der Waals surface area contributed by atoms with Gasteiger partial charge in [-0.3, -0.25) is 0 Å². The van der Waals surface area contributed by atoms with E-state index < -0.39 is 0 Å². The lowest BCUT2D eigenvalue weighted by atomic mass is 9.93. The van der Waals surface area contributed by atoms with E-state index in [0.29, 0.717) is 12.0 Å². The minimum Gasteiger partial charge on any atom is -0.372 e. The third-order valence-corrected chi connectivity index (χ3v) is 3.35. The summed E-state index contributed by atoms with van der Waals surface area (Å²) < 4.78 is 5.98. The first-order valence-electron chi connectivity index (χ1n) is 5.51. The number of hydrogen-bond donors (Lipinski definition) is 1. The molecule has 0 radical (unpaired) electrons. The molecule has 0 amide bonds. The van der Waals surface area contributed by atoms with Gasteiger partial charge in [-0.2, -0.15) is 0 Å². The molecule has 0 saturated carbocycles. The van der Waals surface area contributed by atoms with Crippen molar-refractivity contribution >= 4 is 0 Å². The summed E-state index contributed by atoms with van der Waals surface area (Å²) in [4.78, 5) is 0. The van der Waals surface area contributed by atoms with Gasteiger partial charge in [0.2, 0.25) is 0 Å². The quantitative estimate of drug-likeness (QED) is 0.727. The fraction of sp³-hybridized carbons (Fsp3) is 1.00. The molecule has 0 aromatic heterocycles. The highest BCUT2D eigenvalue weighted by atomic mass is 16.5. The van der Waals surface area contributed by atoms with Gasteiger partial charge in [-0.05, 0) is 18.8 Å². The van der Waals surface area contributed by atoms with Gasteiger partial charge in [0.05, 0.1) is 12.2 Å². The van der Waals surface area contributed by atoms with Crippen LogP contribution in [0.2, 0.25) is 0 Å². The van der Waals surface area contributed by atoms with Crippen LogP contribution in [0.15, 0.2) is 0 Å². The van der Waals surface area contributed by atoms with Crippen molar-refractivity contribution in [2.75, 3.05) is 13.2 Å². The summed E-state index contributed by atoms with van der Waals surface area (Å²) in [7, 11) is 0. The molecule has 0 aromatic rings. The lowest BCUT2D eigenvalue weighted by Gasteiger charge is -2.41. The van der Waals surface area contributed by atoms with Crippen molar-refractivity contribution in [3.8, 4) is 0 Å². The van der Waals surface area contributed by atoms with Crippen LogP contribution in [0.5, 0.6) is 0 Å². The van der Waals surface area contributed by atoms with Gasteiger partial charge in [-0.25, -0.2) is 0 Å². The van der Waals surface area contributed by atoms with Gasteiger partial charge >= 0.3 is 0 Å². The number of morpholine rings is 1. The molecule has 1 heterocycles. The molecule has 1 aliphatic heterocycles. The number of nitrogens with one attached hydrogen (secondary N) is 1. The van der Waals surface area contributed by atoms with Crippen molar-refractivity contribution in [2.45, 2.75) is 52.2 Å². The largest absolute Gasteiger partial charge is 0.372 e. The maximum atomic E-state index is 5.98. The summed E-state index contributed by atoms with van der Waals surface area (Å²) in [5, 5.41) is 3.59. The van der Waals surface area contributed by atoms with E-state index in [1.54, 1.807) is 0 Å². The molecule has 1 N–H and O–H groups in total. The van der Waals surface area contributed by atoms with Crippen LogP contribution in [0.4, 0.5) is 0 Å². The standard InChI is InChI=1S/C11H23NO/c1-5-11(6-2)8-12-10(7-13-11)9(3)4/h9-10,12H,5-8H2,1-4H3. The van der Waals surface area contributed by atoms with Gasteiger partial charge in [-0.1, -0.05) is 27.7 Å². The summed E-state index contributed by atoms with van der Waals surface area (Å²) >= 11 is 0. The van der Waals surface area contributed by atoms with Gasteiger partial charge in [0.15, 0.2) is 0 Å². The normalized spacial score (nSPS) is 27.9. The Bertz CT molecular complexity index is 142. The smallest absolute Gasteiger partial charge is 0.0801 e. The van der Waals surface area contributed by atoms with E-state index >= 15 is 0 Å². The molecule has 1 unspecified atom stereocenters. The second-order valence-electron chi connectivity index (χ2n) is 4.43. The second-order valence-corrected chi connectivity index (χ2v) is 4.43. The maximum absolute atomic E-state index is 5.98. The Morgan fingerprint density at radius 1 is 1.38 bits per heavy atom. The van der Waals surface area contributed by atoms with Gasteiger partial charge in [0.25, 0.3) is 0 Å². The van der Waals surface area contributed by atoms with Crippen molar-refractivity contribution in [1.29, 1.82) is 0 Å². The van der Waals surface area contributed by atoms with E-state index in [0.717, 1.165) is 26.0 Å². The molecule has 1 fully saturated rings. The van der Waals surface area contributed by atoms with Crippen molar-refractivity contribution in [3.63, 3.8) is 0 Å². The Kier molecular flexibility index (Phi) is 3.74. The Hall–Kier alpha value is -0.0800. The monoisotopic (exact) mass is 185 g/mol. The molecule has 1 atom stereocenters. The van der Waals surface area contributed by atoms with Gasteiger partial charge in [-0.15, -0.1) is 0 Å². The molecule has 0 aromatic carbocycles.